The number of carbonyl (C=O) groups is 4. The van der Waals surface area contributed by atoms with Gasteiger partial charge in [0.1, 0.15) is 19.3 Å². The molecule has 0 heterocycles. The molecule has 0 radical (unpaired) electrons. The molecule has 19 heteroatoms. The summed E-state index contributed by atoms with van der Waals surface area (Å²) < 4.78 is 68.4. The molecule has 0 aromatic rings. The fraction of sp³-hybridized carbons (Fsp3) is 0.950. The number of phosphoric acid groups is 2. The minimum Gasteiger partial charge on any atom is -0.462 e. The first-order valence-electron chi connectivity index (χ1n) is 41.6. The molecule has 0 spiro atoms. The second-order valence-corrected chi connectivity index (χ2v) is 32.2. The van der Waals surface area contributed by atoms with Gasteiger partial charge in [-0.2, -0.15) is 0 Å². The molecule has 17 nitrogen and oxygen atoms in total. The summed E-state index contributed by atoms with van der Waals surface area (Å²) in [5.74, 6) is -1.31. The van der Waals surface area contributed by atoms with Gasteiger partial charge in [-0.05, 0) is 31.6 Å². The molecule has 0 amide bonds. The van der Waals surface area contributed by atoms with Crippen LogP contribution < -0.4 is 0 Å². The lowest BCUT2D eigenvalue weighted by Gasteiger charge is -2.21. The van der Waals surface area contributed by atoms with E-state index >= 15 is 0 Å². The molecular formula is C80H156O17P2. The quantitative estimate of drug-likeness (QED) is 0.0222. The summed E-state index contributed by atoms with van der Waals surface area (Å²) >= 11 is 0. The normalized spacial score (nSPS) is 13.9. The third kappa shape index (κ3) is 74.1. The number of esters is 4. The summed E-state index contributed by atoms with van der Waals surface area (Å²) in [6, 6.07) is 0. The van der Waals surface area contributed by atoms with Crippen molar-refractivity contribution in [2.75, 3.05) is 39.6 Å². The molecule has 0 bridgehead atoms. The van der Waals surface area contributed by atoms with Crippen molar-refractivity contribution < 1.29 is 80.2 Å². The SMILES string of the molecule is CCCCCCCCCCCCCCCCCCCCCCCC(=O)O[C@H](COC(=O)CCCCCCCCCCCCCCCCCC(C)C)COP(=O)(O)OC[C@@H](O)COP(=O)(O)OC[C@@H](COC(=O)CCCCCCC)OC(=O)CCCCCCCCCCCCCCCCC. The fourth-order valence-corrected chi connectivity index (χ4v) is 14.0. The number of hydrogen-bond donors (Lipinski definition) is 3. The van der Waals surface area contributed by atoms with Crippen LogP contribution in [-0.4, -0.2) is 96.7 Å². The number of ether oxygens (including phenoxy) is 4. The number of carbonyl (C=O) groups excluding carboxylic acids is 4. The van der Waals surface area contributed by atoms with E-state index in [0.717, 1.165) is 102 Å². The second-order valence-electron chi connectivity index (χ2n) is 29.3. The number of rotatable bonds is 80. The molecular weight excluding hydrogens is 1290 g/mol. The summed E-state index contributed by atoms with van der Waals surface area (Å²) in [7, 11) is -9.91. The van der Waals surface area contributed by atoms with Crippen molar-refractivity contribution in [3.63, 3.8) is 0 Å². The molecule has 0 saturated carbocycles. The highest BCUT2D eigenvalue weighted by Crippen LogP contribution is 2.45. The molecule has 0 aliphatic heterocycles. The first kappa shape index (κ1) is 97.1. The van der Waals surface area contributed by atoms with Gasteiger partial charge in [0.2, 0.25) is 0 Å². The molecule has 5 atom stereocenters. The lowest BCUT2D eigenvalue weighted by molar-refractivity contribution is -0.161. The van der Waals surface area contributed by atoms with Crippen molar-refractivity contribution >= 4 is 39.5 Å². The Hall–Kier alpha value is -1.94. The molecule has 588 valence electrons. The Bertz CT molecular complexity index is 1890. The average Bonchev–Trinajstić information content (AvgIpc) is 1.35. The van der Waals surface area contributed by atoms with Crippen molar-refractivity contribution in [3.05, 3.63) is 0 Å². The zero-order chi connectivity index (χ0) is 72.7. The molecule has 3 N–H and O–H groups in total. The Morgan fingerprint density at radius 3 is 0.687 bits per heavy atom. The van der Waals surface area contributed by atoms with Crippen LogP contribution in [0.5, 0.6) is 0 Å². The first-order chi connectivity index (χ1) is 48.0. The van der Waals surface area contributed by atoms with E-state index in [9.17, 15) is 43.2 Å². The van der Waals surface area contributed by atoms with Gasteiger partial charge in [0.05, 0.1) is 26.4 Å². The van der Waals surface area contributed by atoms with E-state index in [-0.39, 0.29) is 25.7 Å². The minimum atomic E-state index is -4.96. The predicted octanol–water partition coefficient (Wildman–Crippen LogP) is 24.0. The van der Waals surface area contributed by atoms with E-state index in [1.807, 2.05) is 0 Å². The van der Waals surface area contributed by atoms with Crippen LogP contribution in [0, 0.1) is 5.92 Å². The molecule has 0 aliphatic carbocycles. The van der Waals surface area contributed by atoms with Gasteiger partial charge in [0.25, 0.3) is 0 Å². The van der Waals surface area contributed by atoms with Gasteiger partial charge < -0.3 is 33.8 Å². The summed E-state index contributed by atoms with van der Waals surface area (Å²) in [4.78, 5) is 72.7. The Kier molecular flexibility index (Phi) is 71.6. The van der Waals surface area contributed by atoms with Crippen molar-refractivity contribution in [1.29, 1.82) is 0 Å². The number of unbranched alkanes of at least 4 members (excludes halogenated alkanes) is 52. The zero-order valence-electron chi connectivity index (χ0n) is 64.6. The van der Waals surface area contributed by atoms with Gasteiger partial charge in [0, 0.05) is 25.7 Å². The highest BCUT2D eigenvalue weighted by atomic mass is 31.2. The molecule has 99 heavy (non-hydrogen) atoms. The lowest BCUT2D eigenvalue weighted by atomic mass is 10.0. The molecule has 0 saturated heterocycles. The maximum Gasteiger partial charge on any atom is 0.472 e. The lowest BCUT2D eigenvalue weighted by Crippen LogP contribution is -2.30. The van der Waals surface area contributed by atoms with Crippen LogP contribution >= 0.6 is 15.6 Å². The monoisotopic (exact) mass is 1450 g/mol. The van der Waals surface area contributed by atoms with Crippen LogP contribution in [0.3, 0.4) is 0 Å². The minimum absolute atomic E-state index is 0.108. The first-order valence-corrected chi connectivity index (χ1v) is 44.6. The van der Waals surface area contributed by atoms with Gasteiger partial charge in [-0.3, -0.25) is 37.3 Å². The van der Waals surface area contributed by atoms with Crippen LogP contribution in [-0.2, 0) is 65.4 Å². The van der Waals surface area contributed by atoms with Crippen LogP contribution in [0.1, 0.15) is 426 Å². The maximum atomic E-state index is 13.1. The molecule has 0 fully saturated rings. The van der Waals surface area contributed by atoms with E-state index < -0.39 is 97.5 Å². The van der Waals surface area contributed by atoms with Gasteiger partial charge in [-0.1, -0.05) is 375 Å². The molecule has 0 rings (SSSR count). The second kappa shape index (κ2) is 73.0. The Labute approximate surface area is 607 Å². The topological polar surface area (TPSA) is 237 Å². The third-order valence-electron chi connectivity index (χ3n) is 18.8. The molecule has 0 aromatic heterocycles. The van der Waals surface area contributed by atoms with E-state index in [4.69, 9.17) is 37.0 Å². The Morgan fingerprint density at radius 1 is 0.273 bits per heavy atom. The summed E-state index contributed by atoms with van der Waals surface area (Å²) in [6.45, 7) is 7.26. The highest BCUT2D eigenvalue weighted by molar-refractivity contribution is 7.47. The van der Waals surface area contributed by atoms with Crippen molar-refractivity contribution in [1.82, 2.24) is 0 Å². The van der Waals surface area contributed by atoms with Gasteiger partial charge in [-0.25, -0.2) is 9.13 Å². The van der Waals surface area contributed by atoms with Gasteiger partial charge in [0.15, 0.2) is 12.2 Å². The number of phosphoric ester groups is 2. The smallest absolute Gasteiger partial charge is 0.462 e. The van der Waals surface area contributed by atoms with Gasteiger partial charge in [-0.15, -0.1) is 0 Å². The van der Waals surface area contributed by atoms with E-state index in [0.29, 0.717) is 25.7 Å². The molecule has 2 unspecified atom stereocenters. The van der Waals surface area contributed by atoms with E-state index in [1.165, 1.54) is 244 Å². The maximum absolute atomic E-state index is 13.1. The third-order valence-corrected chi connectivity index (χ3v) is 20.7. The highest BCUT2D eigenvalue weighted by Gasteiger charge is 2.30. The van der Waals surface area contributed by atoms with Crippen LogP contribution in [0.25, 0.3) is 0 Å². The largest absolute Gasteiger partial charge is 0.472 e. The number of aliphatic hydroxyl groups is 1. The standard InChI is InChI=1S/C80H156O17P2/c1-6-9-12-15-17-19-21-23-25-26-27-28-29-30-34-39-43-47-51-56-61-66-80(85)97-76(70-91-78(83)64-59-54-49-45-41-37-35-31-33-36-40-44-48-53-57-62-73(4)5)72-95-99(88,89)93-68-74(81)67-92-98(86,87)94-71-75(69-90-77(82)63-58-52-14-11-8-3)96-79(84)65-60-55-50-46-42-38-32-24-22-20-18-16-13-10-7-2/h73-76,81H,6-72H2,1-5H3,(H,86,87)(H,88,89)/t74-,75+,76+/m0/s1. The number of aliphatic hydroxyl groups excluding tert-OH is 1. The van der Waals surface area contributed by atoms with Crippen LogP contribution in [0.2, 0.25) is 0 Å². The van der Waals surface area contributed by atoms with Crippen molar-refractivity contribution in [2.45, 2.75) is 445 Å². The Balaban J connectivity index is 5.12. The van der Waals surface area contributed by atoms with E-state index in [2.05, 4.69) is 34.6 Å². The van der Waals surface area contributed by atoms with Crippen molar-refractivity contribution in [3.8, 4) is 0 Å². The summed E-state index contributed by atoms with van der Waals surface area (Å²) in [5.41, 5.74) is 0. The Morgan fingerprint density at radius 2 is 0.465 bits per heavy atom. The molecule has 0 aromatic carbocycles. The zero-order valence-corrected chi connectivity index (χ0v) is 66.4. The van der Waals surface area contributed by atoms with E-state index in [1.54, 1.807) is 0 Å². The van der Waals surface area contributed by atoms with Crippen molar-refractivity contribution in [2.24, 2.45) is 5.92 Å². The van der Waals surface area contributed by atoms with Crippen LogP contribution in [0.4, 0.5) is 0 Å². The van der Waals surface area contributed by atoms with Crippen LogP contribution in [0.15, 0.2) is 0 Å². The predicted molar refractivity (Wildman–Crippen MR) is 405 cm³/mol. The van der Waals surface area contributed by atoms with Gasteiger partial charge >= 0.3 is 39.5 Å². The summed E-state index contributed by atoms with van der Waals surface area (Å²) in [5, 5.41) is 10.6. The average molecular weight is 1450 g/mol. The summed E-state index contributed by atoms with van der Waals surface area (Å²) in [6.07, 6.45) is 64.3. The number of hydrogen-bond acceptors (Lipinski definition) is 15. The fourth-order valence-electron chi connectivity index (χ4n) is 12.4. The molecule has 0 aliphatic rings.